The molecule has 1 saturated heterocycles. The van der Waals surface area contributed by atoms with Crippen molar-refractivity contribution >= 4 is 50.5 Å². The number of likely N-dealkylation sites (tertiary alicyclic amines) is 1. The second kappa shape index (κ2) is 7.14. The largest absolute Gasteiger partial charge is 0.337 e. The molecule has 1 aliphatic rings. The lowest BCUT2D eigenvalue weighted by Gasteiger charge is -2.32. The molecule has 0 spiro atoms. The van der Waals surface area contributed by atoms with E-state index in [9.17, 15) is 13.2 Å². The Balaban J connectivity index is 1.88. The quantitative estimate of drug-likeness (QED) is 0.757. The van der Waals surface area contributed by atoms with E-state index in [1.165, 1.54) is 12.5 Å². The molecule has 25 heavy (non-hydrogen) atoms. The average Bonchev–Trinajstić information content (AvgIpc) is 2.93. The van der Waals surface area contributed by atoms with E-state index < -0.39 is 9.84 Å². The van der Waals surface area contributed by atoms with Crippen molar-refractivity contribution in [3.05, 3.63) is 33.3 Å². The minimum atomic E-state index is -3.45. The first kappa shape index (κ1) is 18.5. The van der Waals surface area contributed by atoms with Gasteiger partial charge in [-0.15, -0.1) is 0 Å². The van der Waals surface area contributed by atoms with Gasteiger partial charge in [0.25, 0.3) is 5.91 Å². The van der Waals surface area contributed by atoms with Gasteiger partial charge in [-0.1, -0.05) is 23.2 Å². The summed E-state index contributed by atoms with van der Waals surface area (Å²) in [6, 6.07) is 0. The minimum Gasteiger partial charge on any atom is -0.337 e. The van der Waals surface area contributed by atoms with Gasteiger partial charge in [-0.25, -0.2) is 18.4 Å². The Kier molecular flexibility index (Phi) is 5.29. The maximum Gasteiger partial charge on any atom is 0.275 e. The Morgan fingerprint density at radius 3 is 2.80 bits per heavy atom. The topological polar surface area (TPSA) is 93.1 Å². The lowest BCUT2D eigenvalue weighted by Crippen LogP contribution is -2.39. The fraction of sp³-hybridized carbons (Fsp3) is 0.429. The van der Waals surface area contributed by atoms with Crippen LogP contribution >= 0.6 is 34.7 Å². The molecule has 1 atom stereocenters. The molecule has 0 unspecified atom stereocenters. The molecule has 1 aliphatic heterocycles. The maximum atomic E-state index is 12.7. The number of carbonyl (C=O) groups is 1. The van der Waals surface area contributed by atoms with Crippen molar-refractivity contribution in [2.45, 2.75) is 23.7 Å². The van der Waals surface area contributed by atoms with Crippen LogP contribution in [-0.2, 0) is 9.84 Å². The zero-order valence-corrected chi connectivity index (χ0v) is 16.3. The highest BCUT2D eigenvalue weighted by Crippen LogP contribution is 2.33. The first-order valence-corrected chi connectivity index (χ1v) is 10.8. The highest BCUT2D eigenvalue weighted by molar-refractivity contribution is 7.90. The van der Waals surface area contributed by atoms with Crippen LogP contribution < -0.4 is 0 Å². The van der Waals surface area contributed by atoms with Crippen LogP contribution in [0.5, 0.6) is 0 Å². The summed E-state index contributed by atoms with van der Waals surface area (Å²) in [6.45, 7) is 0.879. The van der Waals surface area contributed by atoms with E-state index >= 15 is 0 Å². The van der Waals surface area contributed by atoms with E-state index in [1.807, 2.05) is 0 Å². The number of hydrogen-bond donors (Lipinski definition) is 0. The Hall–Kier alpha value is -1.29. The number of hydrogen-bond acceptors (Lipinski definition) is 7. The van der Waals surface area contributed by atoms with Crippen molar-refractivity contribution in [1.29, 1.82) is 0 Å². The third kappa shape index (κ3) is 3.79. The summed E-state index contributed by atoms with van der Waals surface area (Å²) in [6.07, 6.45) is 5.20. The highest BCUT2D eigenvalue weighted by Gasteiger charge is 2.31. The fourth-order valence-electron chi connectivity index (χ4n) is 2.85. The standard InChI is InChI=1S/C14H14Cl2N4O3S2/c1-25(22,23)9-5-17-7-18-11(9)8-3-2-4-20(6-8)14(21)12-10(15)13(16)24-19-12/h5,7-8H,2-4,6H2,1H3/t8-/m0/s1. The van der Waals surface area contributed by atoms with Gasteiger partial charge in [0.1, 0.15) is 20.6 Å². The van der Waals surface area contributed by atoms with E-state index in [2.05, 4.69) is 14.3 Å². The van der Waals surface area contributed by atoms with Crippen LogP contribution in [0.3, 0.4) is 0 Å². The summed E-state index contributed by atoms with van der Waals surface area (Å²) in [5, 5.41) is 0.151. The van der Waals surface area contributed by atoms with Crippen LogP contribution in [0.4, 0.5) is 0 Å². The van der Waals surface area contributed by atoms with Gasteiger partial charge in [0.05, 0.1) is 5.69 Å². The number of amides is 1. The number of aromatic nitrogens is 3. The number of halogens is 2. The summed E-state index contributed by atoms with van der Waals surface area (Å²) >= 11 is 12.9. The molecule has 3 heterocycles. The molecule has 0 bridgehead atoms. The van der Waals surface area contributed by atoms with Gasteiger partial charge in [0.2, 0.25) is 0 Å². The molecule has 7 nitrogen and oxygen atoms in total. The second-order valence-electron chi connectivity index (χ2n) is 5.75. The van der Waals surface area contributed by atoms with E-state index in [0.717, 1.165) is 30.6 Å². The van der Waals surface area contributed by atoms with Gasteiger partial charge in [0.15, 0.2) is 15.5 Å². The molecule has 0 N–H and O–H groups in total. The van der Waals surface area contributed by atoms with Crippen molar-refractivity contribution in [1.82, 2.24) is 19.2 Å². The van der Waals surface area contributed by atoms with Crippen LogP contribution in [0.1, 0.15) is 34.9 Å². The summed E-state index contributed by atoms with van der Waals surface area (Å²) in [5.41, 5.74) is 0.570. The van der Waals surface area contributed by atoms with E-state index in [1.54, 1.807) is 4.90 Å². The van der Waals surface area contributed by atoms with Crippen molar-refractivity contribution in [2.24, 2.45) is 0 Å². The lowest BCUT2D eigenvalue weighted by atomic mass is 9.94. The zero-order valence-electron chi connectivity index (χ0n) is 13.1. The van der Waals surface area contributed by atoms with Gasteiger partial charge < -0.3 is 4.90 Å². The number of carbonyl (C=O) groups excluding carboxylic acids is 1. The van der Waals surface area contributed by atoms with Crippen LogP contribution in [0.2, 0.25) is 9.36 Å². The van der Waals surface area contributed by atoms with Crippen molar-refractivity contribution in [2.75, 3.05) is 19.3 Å². The first-order valence-electron chi connectivity index (χ1n) is 7.39. The smallest absolute Gasteiger partial charge is 0.275 e. The molecular formula is C14H14Cl2N4O3S2. The Bertz CT molecular complexity index is 917. The third-order valence-electron chi connectivity index (χ3n) is 4.00. The predicted molar refractivity (Wildman–Crippen MR) is 95.2 cm³/mol. The van der Waals surface area contributed by atoms with Crippen molar-refractivity contribution in [3.63, 3.8) is 0 Å². The molecular weight excluding hydrogens is 407 g/mol. The van der Waals surface area contributed by atoms with Crippen LogP contribution in [-0.4, -0.2) is 52.9 Å². The van der Waals surface area contributed by atoms with Crippen molar-refractivity contribution < 1.29 is 13.2 Å². The molecule has 2 aromatic heterocycles. The van der Waals surface area contributed by atoms with E-state index in [4.69, 9.17) is 23.2 Å². The molecule has 2 aromatic rings. The summed E-state index contributed by atoms with van der Waals surface area (Å²) < 4.78 is 28.2. The summed E-state index contributed by atoms with van der Waals surface area (Å²) in [7, 11) is -3.45. The molecule has 1 fully saturated rings. The van der Waals surface area contributed by atoms with E-state index in [-0.39, 0.29) is 31.8 Å². The normalized spacial score (nSPS) is 18.4. The number of piperidine rings is 1. The molecule has 1 amide bonds. The van der Waals surface area contributed by atoms with E-state index in [0.29, 0.717) is 18.8 Å². The average molecular weight is 421 g/mol. The van der Waals surface area contributed by atoms with Gasteiger partial charge in [-0.05, 0) is 24.4 Å². The predicted octanol–water partition coefficient (Wildman–Crippen LogP) is 2.66. The number of nitrogens with zero attached hydrogens (tertiary/aromatic N) is 4. The zero-order chi connectivity index (χ0) is 18.2. The Morgan fingerprint density at radius 2 is 2.16 bits per heavy atom. The van der Waals surface area contributed by atoms with Crippen LogP contribution in [0.15, 0.2) is 17.4 Å². The summed E-state index contributed by atoms with van der Waals surface area (Å²) in [5.74, 6) is -0.508. The van der Waals surface area contributed by atoms with Crippen molar-refractivity contribution in [3.8, 4) is 0 Å². The molecule has 0 aromatic carbocycles. The minimum absolute atomic E-state index is 0.101. The molecule has 0 saturated carbocycles. The third-order valence-corrected chi connectivity index (χ3v) is 6.73. The van der Waals surface area contributed by atoms with Gasteiger partial charge in [-0.2, -0.15) is 4.37 Å². The van der Waals surface area contributed by atoms with Crippen LogP contribution in [0.25, 0.3) is 0 Å². The summed E-state index contributed by atoms with van der Waals surface area (Å²) in [4.78, 5) is 22.4. The van der Waals surface area contributed by atoms with Gasteiger partial charge in [0, 0.05) is 31.5 Å². The molecule has 11 heteroatoms. The molecule has 3 rings (SSSR count). The molecule has 134 valence electrons. The highest BCUT2D eigenvalue weighted by atomic mass is 35.5. The Labute approximate surface area is 159 Å². The van der Waals surface area contributed by atoms with Gasteiger partial charge >= 0.3 is 0 Å². The SMILES string of the molecule is CS(=O)(=O)c1cncnc1[C@H]1CCCN(C(=O)c2nsc(Cl)c2Cl)C1. The van der Waals surface area contributed by atoms with Gasteiger partial charge in [-0.3, -0.25) is 4.79 Å². The molecule has 0 aliphatic carbocycles. The number of rotatable bonds is 3. The lowest BCUT2D eigenvalue weighted by molar-refractivity contribution is 0.0700. The maximum absolute atomic E-state index is 12.7. The van der Waals surface area contributed by atoms with Crippen LogP contribution in [0, 0.1) is 0 Å². The molecule has 0 radical (unpaired) electrons. The fourth-order valence-corrected chi connectivity index (χ4v) is 4.68. The number of sulfone groups is 1. The second-order valence-corrected chi connectivity index (χ2v) is 9.49. The monoisotopic (exact) mass is 420 g/mol. The first-order chi connectivity index (χ1) is 11.8. The Morgan fingerprint density at radius 1 is 1.40 bits per heavy atom.